The third-order valence-corrected chi connectivity index (χ3v) is 4.41. The third kappa shape index (κ3) is 5.77. The first kappa shape index (κ1) is 14.8. The lowest BCUT2D eigenvalue weighted by Gasteiger charge is -2.17. The minimum Gasteiger partial charge on any atom is -0.465 e. The maximum atomic E-state index is 11.7. The number of ether oxygens (including phenoxy) is 1. The zero-order valence-corrected chi connectivity index (χ0v) is 11.9. The number of esters is 1. The standard InChI is InChI=1S/C13H25NO2S/c1-3-14-12(13(15)16-4-2)10-17-9-11-7-5-6-8-11/h11-12,14H,3-10H2,1-2H3. The molecule has 0 saturated heterocycles. The van der Waals surface area contributed by atoms with Crippen LogP contribution in [0.25, 0.3) is 0 Å². The summed E-state index contributed by atoms with van der Waals surface area (Å²) < 4.78 is 5.06. The minimum absolute atomic E-state index is 0.103. The molecule has 0 aromatic rings. The lowest BCUT2D eigenvalue weighted by atomic mass is 10.1. The Morgan fingerprint density at radius 3 is 2.71 bits per heavy atom. The molecule has 1 saturated carbocycles. The number of thioether (sulfide) groups is 1. The van der Waals surface area contributed by atoms with Crippen molar-refractivity contribution in [1.82, 2.24) is 5.32 Å². The minimum atomic E-state index is -0.133. The van der Waals surface area contributed by atoms with Crippen LogP contribution < -0.4 is 5.32 Å². The van der Waals surface area contributed by atoms with E-state index in [1.807, 2.05) is 25.6 Å². The number of hydrogen-bond acceptors (Lipinski definition) is 4. The lowest BCUT2D eigenvalue weighted by Crippen LogP contribution is -2.40. The van der Waals surface area contributed by atoms with E-state index in [2.05, 4.69) is 5.32 Å². The van der Waals surface area contributed by atoms with Gasteiger partial charge in [0.1, 0.15) is 6.04 Å². The van der Waals surface area contributed by atoms with Gasteiger partial charge in [-0.3, -0.25) is 4.79 Å². The molecule has 0 heterocycles. The van der Waals surface area contributed by atoms with Gasteiger partial charge in [0, 0.05) is 5.75 Å². The van der Waals surface area contributed by atoms with Gasteiger partial charge in [-0.2, -0.15) is 11.8 Å². The maximum Gasteiger partial charge on any atom is 0.323 e. The third-order valence-electron chi connectivity index (χ3n) is 3.13. The summed E-state index contributed by atoms with van der Waals surface area (Å²) in [4.78, 5) is 11.7. The predicted molar refractivity (Wildman–Crippen MR) is 73.4 cm³/mol. The molecule has 1 aliphatic rings. The van der Waals surface area contributed by atoms with Crippen molar-refractivity contribution in [2.24, 2.45) is 5.92 Å². The van der Waals surface area contributed by atoms with E-state index in [-0.39, 0.29) is 12.0 Å². The van der Waals surface area contributed by atoms with Gasteiger partial charge in [-0.15, -0.1) is 0 Å². The van der Waals surface area contributed by atoms with Gasteiger partial charge in [0.2, 0.25) is 0 Å². The first-order valence-electron chi connectivity index (χ1n) is 6.75. The molecule has 0 radical (unpaired) electrons. The number of rotatable bonds is 8. The van der Waals surface area contributed by atoms with E-state index in [1.54, 1.807) is 0 Å². The van der Waals surface area contributed by atoms with Crippen LogP contribution in [-0.4, -0.2) is 36.7 Å². The molecule has 0 aliphatic heterocycles. The van der Waals surface area contributed by atoms with Crippen molar-refractivity contribution in [3.8, 4) is 0 Å². The Bertz CT molecular complexity index is 217. The Morgan fingerprint density at radius 1 is 1.41 bits per heavy atom. The zero-order valence-electron chi connectivity index (χ0n) is 11.0. The SMILES string of the molecule is CCNC(CSCC1CCCC1)C(=O)OCC. The Balaban J connectivity index is 2.20. The summed E-state index contributed by atoms with van der Waals surface area (Å²) in [5.74, 6) is 2.81. The van der Waals surface area contributed by atoms with E-state index in [4.69, 9.17) is 4.74 Å². The molecule has 1 fully saturated rings. The highest BCUT2D eigenvalue weighted by molar-refractivity contribution is 7.99. The Morgan fingerprint density at radius 2 is 2.12 bits per heavy atom. The second kappa shape index (κ2) is 8.81. The zero-order chi connectivity index (χ0) is 12.5. The summed E-state index contributed by atoms with van der Waals surface area (Å²) in [5, 5.41) is 3.20. The summed E-state index contributed by atoms with van der Waals surface area (Å²) in [6.45, 7) is 5.15. The van der Waals surface area contributed by atoms with Crippen molar-refractivity contribution in [2.45, 2.75) is 45.6 Å². The second-order valence-corrected chi connectivity index (χ2v) is 5.63. The average Bonchev–Trinajstić information content (AvgIpc) is 2.81. The number of hydrogen-bond donors (Lipinski definition) is 1. The van der Waals surface area contributed by atoms with E-state index in [0.717, 1.165) is 18.2 Å². The highest BCUT2D eigenvalue weighted by Gasteiger charge is 2.20. The molecule has 1 atom stereocenters. The fourth-order valence-electron chi connectivity index (χ4n) is 2.23. The molecule has 0 aromatic heterocycles. The number of carbonyl (C=O) groups excluding carboxylic acids is 1. The van der Waals surface area contributed by atoms with Crippen LogP contribution in [0.5, 0.6) is 0 Å². The van der Waals surface area contributed by atoms with Crippen LogP contribution in [0.4, 0.5) is 0 Å². The van der Waals surface area contributed by atoms with Crippen LogP contribution in [0.3, 0.4) is 0 Å². The largest absolute Gasteiger partial charge is 0.465 e. The normalized spacial score (nSPS) is 18.2. The molecule has 1 unspecified atom stereocenters. The molecule has 0 aromatic carbocycles. The number of carbonyl (C=O) groups is 1. The molecular weight excluding hydrogens is 234 g/mol. The Hall–Kier alpha value is -0.220. The van der Waals surface area contributed by atoms with Crippen molar-refractivity contribution in [3.05, 3.63) is 0 Å². The van der Waals surface area contributed by atoms with Gasteiger partial charge in [-0.1, -0.05) is 19.8 Å². The Labute approximate surface area is 109 Å². The monoisotopic (exact) mass is 259 g/mol. The summed E-state index contributed by atoms with van der Waals surface area (Å²) in [5.41, 5.74) is 0. The molecular formula is C13H25NO2S. The van der Waals surface area contributed by atoms with E-state index in [0.29, 0.717) is 6.61 Å². The van der Waals surface area contributed by atoms with Gasteiger partial charge in [-0.25, -0.2) is 0 Å². The highest BCUT2D eigenvalue weighted by Crippen LogP contribution is 2.28. The second-order valence-electron chi connectivity index (χ2n) is 4.55. The molecule has 3 nitrogen and oxygen atoms in total. The van der Waals surface area contributed by atoms with E-state index < -0.39 is 0 Å². The van der Waals surface area contributed by atoms with Crippen LogP contribution in [0.15, 0.2) is 0 Å². The molecule has 17 heavy (non-hydrogen) atoms. The molecule has 0 amide bonds. The topological polar surface area (TPSA) is 38.3 Å². The van der Waals surface area contributed by atoms with Gasteiger partial charge in [-0.05, 0) is 38.0 Å². The average molecular weight is 259 g/mol. The van der Waals surface area contributed by atoms with Gasteiger partial charge < -0.3 is 10.1 Å². The van der Waals surface area contributed by atoms with Gasteiger partial charge in [0.05, 0.1) is 6.61 Å². The smallest absolute Gasteiger partial charge is 0.323 e. The van der Waals surface area contributed by atoms with Crippen molar-refractivity contribution in [3.63, 3.8) is 0 Å². The first-order chi connectivity index (χ1) is 8.27. The van der Waals surface area contributed by atoms with Crippen LogP contribution in [0.2, 0.25) is 0 Å². The summed E-state index contributed by atoms with van der Waals surface area (Å²) in [7, 11) is 0. The van der Waals surface area contributed by atoms with E-state index in [9.17, 15) is 4.79 Å². The van der Waals surface area contributed by atoms with E-state index in [1.165, 1.54) is 31.4 Å². The summed E-state index contributed by atoms with van der Waals surface area (Å²) in [6, 6.07) is -0.133. The molecule has 100 valence electrons. The van der Waals surface area contributed by atoms with Crippen molar-refractivity contribution >= 4 is 17.7 Å². The molecule has 4 heteroatoms. The molecule has 0 spiro atoms. The van der Waals surface area contributed by atoms with Gasteiger partial charge >= 0.3 is 5.97 Å². The molecule has 1 rings (SSSR count). The molecule has 0 bridgehead atoms. The fraction of sp³-hybridized carbons (Fsp3) is 0.923. The van der Waals surface area contributed by atoms with Gasteiger partial charge in [0.15, 0.2) is 0 Å². The van der Waals surface area contributed by atoms with Crippen LogP contribution in [0, 0.1) is 5.92 Å². The van der Waals surface area contributed by atoms with Crippen molar-refractivity contribution in [2.75, 3.05) is 24.7 Å². The summed E-state index contributed by atoms with van der Waals surface area (Å²) >= 11 is 1.89. The van der Waals surface area contributed by atoms with E-state index >= 15 is 0 Å². The quantitative estimate of drug-likeness (QED) is 0.680. The van der Waals surface area contributed by atoms with Crippen molar-refractivity contribution in [1.29, 1.82) is 0 Å². The van der Waals surface area contributed by atoms with Gasteiger partial charge in [0.25, 0.3) is 0 Å². The fourth-order valence-corrected chi connectivity index (χ4v) is 3.52. The first-order valence-corrected chi connectivity index (χ1v) is 7.91. The number of likely N-dealkylation sites (N-methyl/N-ethyl adjacent to an activating group) is 1. The van der Waals surface area contributed by atoms with Crippen LogP contribution >= 0.6 is 11.8 Å². The highest BCUT2D eigenvalue weighted by atomic mass is 32.2. The summed E-state index contributed by atoms with van der Waals surface area (Å²) in [6.07, 6.45) is 5.52. The lowest BCUT2D eigenvalue weighted by molar-refractivity contribution is -0.144. The molecule has 1 N–H and O–H groups in total. The number of nitrogens with one attached hydrogen (secondary N) is 1. The molecule has 1 aliphatic carbocycles. The Kier molecular flexibility index (Phi) is 7.69. The predicted octanol–water partition coefficient (Wildman–Crippen LogP) is 2.45. The van der Waals surface area contributed by atoms with Crippen LogP contribution in [0.1, 0.15) is 39.5 Å². The van der Waals surface area contributed by atoms with Crippen molar-refractivity contribution < 1.29 is 9.53 Å². The van der Waals surface area contributed by atoms with Crippen LogP contribution in [-0.2, 0) is 9.53 Å². The maximum absolute atomic E-state index is 11.7.